The molecule has 0 atom stereocenters. The molecular weight excluding hydrogens is 238 g/mol. The number of carbonyl (C=O) groups excluding carboxylic acids is 1. The van der Waals surface area contributed by atoms with Crippen LogP contribution in [-0.4, -0.2) is 16.1 Å². The molecule has 1 amide bonds. The van der Waals surface area contributed by atoms with Crippen LogP contribution in [0.15, 0.2) is 4.52 Å². The fraction of sp³-hybridized carbons (Fsp3) is 0.545. The van der Waals surface area contributed by atoms with Crippen molar-refractivity contribution < 1.29 is 9.32 Å². The van der Waals surface area contributed by atoms with Gasteiger partial charge in [-0.25, -0.2) is 0 Å². The zero-order valence-electron chi connectivity index (χ0n) is 10.5. The van der Waals surface area contributed by atoms with E-state index in [4.69, 9.17) is 22.5 Å². The van der Waals surface area contributed by atoms with E-state index < -0.39 is 5.41 Å². The first-order valence-electron chi connectivity index (χ1n) is 5.26. The molecule has 1 rings (SSSR count). The van der Waals surface area contributed by atoms with Crippen molar-refractivity contribution in [3.05, 3.63) is 17.0 Å². The summed E-state index contributed by atoms with van der Waals surface area (Å²) in [6, 6.07) is 0. The van der Waals surface area contributed by atoms with Gasteiger partial charge in [0.1, 0.15) is 5.76 Å². The third-order valence-corrected chi connectivity index (χ3v) is 3.30. The van der Waals surface area contributed by atoms with Crippen LogP contribution in [0.1, 0.15) is 30.9 Å². The van der Waals surface area contributed by atoms with Crippen molar-refractivity contribution in [2.45, 2.75) is 34.2 Å². The summed E-state index contributed by atoms with van der Waals surface area (Å²) in [5.74, 6) is 0.501. The number of nitrogens with two attached hydrogens (primary N) is 1. The minimum atomic E-state index is -0.853. The number of carbonyl (C=O) groups is 1. The predicted octanol–water partition coefficient (Wildman–Crippen LogP) is 1.22. The summed E-state index contributed by atoms with van der Waals surface area (Å²) in [7, 11) is 0. The van der Waals surface area contributed by atoms with Gasteiger partial charge in [0.25, 0.3) is 0 Å². The van der Waals surface area contributed by atoms with Crippen LogP contribution < -0.4 is 11.1 Å². The standard InChI is InChI=1S/C11H17N3O2S/c1-6-8(7(2)16-14-6)5-13-10(15)11(3,4)9(12)17/h5H2,1-4H3,(H2,12,17)(H,13,15). The first-order valence-corrected chi connectivity index (χ1v) is 5.67. The summed E-state index contributed by atoms with van der Waals surface area (Å²) in [6.07, 6.45) is 0. The van der Waals surface area contributed by atoms with Gasteiger partial charge in [0.2, 0.25) is 5.91 Å². The van der Waals surface area contributed by atoms with Gasteiger partial charge in [0.15, 0.2) is 0 Å². The monoisotopic (exact) mass is 255 g/mol. The summed E-state index contributed by atoms with van der Waals surface area (Å²) in [4.78, 5) is 12.1. The molecule has 0 aliphatic rings. The Bertz CT molecular complexity index is 432. The van der Waals surface area contributed by atoms with E-state index in [1.54, 1.807) is 20.8 Å². The maximum absolute atomic E-state index is 11.9. The number of nitrogens with zero attached hydrogens (tertiary/aromatic N) is 1. The number of rotatable bonds is 4. The van der Waals surface area contributed by atoms with E-state index in [0.717, 1.165) is 11.3 Å². The van der Waals surface area contributed by atoms with Crippen LogP contribution >= 0.6 is 12.2 Å². The molecule has 5 nitrogen and oxygen atoms in total. The fourth-order valence-electron chi connectivity index (χ4n) is 1.26. The van der Waals surface area contributed by atoms with E-state index in [2.05, 4.69) is 10.5 Å². The molecule has 0 unspecified atom stereocenters. The van der Waals surface area contributed by atoms with Crippen molar-refractivity contribution in [2.24, 2.45) is 11.1 Å². The van der Waals surface area contributed by atoms with Crippen LogP contribution in [0.3, 0.4) is 0 Å². The van der Waals surface area contributed by atoms with Crippen molar-refractivity contribution in [3.63, 3.8) is 0 Å². The minimum Gasteiger partial charge on any atom is -0.392 e. The SMILES string of the molecule is Cc1noc(C)c1CNC(=O)C(C)(C)C(N)=S. The van der Waals surface area contributed by atoms with Crippen LogP contribution in [0.4, 0.5) is 0 Å². The lowest BCUT2D eigenvalue weighted by Gasteiger charge is -2.21. The molecule has 0 aromatic carbocycles. The normalized spacial score (nSPS) is 11.3. The van der Waals surface area contributed by atoms with Gasteiger partial charge in [-0.3, -0.25) is 4.79 Å². The lowest BCUT2D eigenvalue weighted by molar-refractivity contribution is -0.126. The molecule has 0 spiro atoms. The molecule has 0 saturated carbocycles. The highest BCUT2D eigenvalue weighted by Crippen LogP contribution is 2.17. The zero-order chi connectivity index (χ0) is 13.2. The lowest BCUT2D eigenvalue weighted by atomic mass is 9.92. The summed E-state index contributed by atoms with van der Waals surface area (Å²) in [5, 5.41) is 6.60. The average Bonchev–Trinajstić information content (AvgIpc) is 2.55. The second-order valence-electron chi connectivity index (χ2n) is 4.47. The number of hydrogen-bond acceptors (Lipinski definition) is 4. The first kappa shape index (κ1) is 13.6. The smallest absolute Gasteiger partial charge is 0.232 e. The largest absolute Gasteiger partial charge is 0.392 e. The molecule has 0 bridgehead atoms. The van der Waals surface area contributed by atoms with Gasteiger partial charge in [-0.2, -0.15) is 0 Å². The van der Waals surface area contributed by atoms with Gasteiger partial charge >= 0.3 is 0 Å². The topological polar surface area (TPSA) is 81.2 Å². The predicted molar refractivity (Wildman–Crippen MR) is 68.4 cm³/mol. The second kappa shape index (κ2) is 4.83. The molecule has 0 aliphatic heterocycles. The number of amides is 1. The molecule has 0 saturated heterocycles. The van der Waals surface area contributed by atoms with Gasteiger partial charge in [-0.15, -0.1) is 0 Å². The summed E-state index contributed by atoms with van der Waals surface area (Å²) >= 11 is 4.86. The Morgan fingerprint density at radius 1 is 1.53 bits per heavy atom. The van der Waals surface area contributed by atoms with Crippen LogP contribution in [0.25, 0.3) is 0 Å². The minimum absolute atomic E-state index is 0.175. The number of nitrogens with one attached hydrogen (secondary N) is 1. The Morgan fingerprint density at radius 2 is 2.12 bits per heavy atom. The molecule has 6 heteroatoms. The Hall–Kier alpha value is -1.43. The molecule has 1 aromatic rings. The van der Waals surface area contributed by atoms with Crippen molar-refractivity contribution >= 4 is 23.1 Å². The fourth-order valence-corrected chi connectivity index (χ4v) is 1.35. The highest BCUT2D eigenvalue weighted by Gasteiger charge is 2.30. The molecule has 0 radical (unpaired) electrons. The summed E-state index contributed by atoms with van der Waals surface area (Å²) < 4.78 is 5.01. The summed E-state index contributed by atoms with van der Waals surface area (Å²) in [6.45, 7) is 7.39. The van der Waals surface area contributed by atoms with Crippen molar-refractivity contribution in [1.82, 2.24) is 10.5 Å². The molecular formula is C11H17N3O2S. The third kappa shape index (κ3) is 2.82. The maximum Gasteiger partial charge on any atom is 0.232 e. The van der Waals surface area contributed by atoms with Crippen molar-refractivity contribution in [1.29, 1.82) is 0 Å². The van der Waals surface area contributed by atoms with Gasteiger partial charge in [-0.05, 0) is 27.7 Å². The van der Waals surface area contributed by atoms with Gasteiger partial charge in [0, 0.05) is 12.1 Å². The van der Waals surface area contributed by atoms with E-state index in [9.17, 15) is 4.79 Å². The molecule has 1 aromatic heterocycles. The Morgan fingerprint density at radius 3 is 2.53 bits per heavy atom. The van der Waals surface area contributed by atoms with Crippen LogP contribution in [0.2, 0.25) is 0 Å². The Labute approximate surface area is 106 Å². The number of aryl methyl sites for hydroxylation is 2. The van der Waals surface area contributed by atoms with E-state index in [0.29, 0.717) is 12.3 Å². The van der Waals surface area contributed by atoms with Crippen LogP contribution in [0.5, 0.6) is 0 Å². The Balaban J connectivity index is 2.70. The quantitative estimate of drug-likeness (QED) is 0.791. The number of aromatic nitrogens is 1. The highest BCUT2D eigenvalue weighted by atomic mass is 32.1. The van der Waals surface area contributed by atoms with Gasteiger partial charge < -0.3 is 15.6 Å². The molecule has 94 valence electrons. The molecule has 3 N–H and O–H groups in total. The average molecular weight is 255 g/mol. The maximum atomic E-state index is 11.9. The van der Waals surface area contributed by atoms with Crippen LogP contribution in [-0.2, 0) is 11.3 Å². The molecule has 17 heavy (non-hydrogen) atoms. The van der Waals surface area contributed by atoms with Crippen LogP contribution in [0, 0.1) is 19.3 Å². The second-order valence-corrected chi connectivity index (χ2v) is 4.91. The molecule has 0 aliphatic carbocycles. The van der Waals surface area contributed by atoms with E-state index >= 15 is 0 Å². The Kier molecular flexibility index (Phi) is 3.87. The molecule has 1 heterocycles. The van der Waals surface area contributed by atoms with E-state index in [1.165, 1.54) is 0 Å². The van der Waals surface area contributed by atoms with E-state index in [-0.39, 0.29) is 10.9 Å². The lowest BCUT2D eigenvalue weighted by Crippen LogP contribution is -2.44. The van der Waals surface area contributed by atoms with Crippen molar-refractivity contribution in [2.75, 3.05) is 0 Å². The van der Waals surface area contributed by atoms with E-state index in [1.807, 2.05) is 6.92 Å². The third-order valence-electron chi connectivity index (χ3n) is 2.79. The van der Waals surface area contributed by atoms with Gasteiger partial charge in [-0.1, -0.05) is 17.4 Å². The van der Waals surface area contributed by atoms with Gasteiger partial charge in [0.05, 0.1) is 16.1 Å². The zero-order valence-corrected chi connectivity index (χ0v) is 11.3. The summed E-state index contributed by atoms with van der Waals surface area (Å²) in [5.41, 5.74) is 6.33. The number of hydrogen-bond donors (Lipinski definition) is 2. The highest BCUT2D eigenvalue weighted by molar-refractivity contribution is 7.80. The first-order chi connectivity index (χ1) is 7.76. The van der Waals surface area contributed by atoms with Crippen molar-refractivity contribution in [3.8, 4) is 0 Å². The molecule has 0 fully saturated rings. The number of thiocarbonyl (C=S) groups is 1.